The molecule has 0 aliphatic carbocycles. The number of nitrogens with two attached hydrogens (primary N) is 1. The number of nitrogen functional groups attached to an aromatic ring is 1. The van der Waals surface area contributed by atoms with E-state index in [0.29, 0.717) is 0 Å². The Hall–Kier alpha value is -2.36. The summed E-state index contributed by atoms with van der Waals surface area (Å²) in [4.78, 5) is 4.78. The van der Waals surface area contributed by atoms with Crippen LogP contribution in [0.3, 0.4) is 0 Å². The van der Waals surface area contributed by atoms with E-state index in [1.165, 1.54) is 5.69 Å². The van der Waals surface area contributed by atoms with Crippen molar-refractivity contribution in [3.05, 3.63) is 48.5 Å². The summed E-state index contributed by atoms with van der Waals surface area (Å²) in [7, 11) is 1.69. The fourth-order valence-electron chi connectivity index (χ4n) is 2.80. The fraction of sp³-hybridized carbons (Fsp3) is 0.294. The fourth-order valence-corrected chi connectivity index (χ4v) is 2.80. The van der Waals surface area contributed by atoms with E-state index < -0.39 is 0 Å². The molecule has 2 N–H and O–H groups in total. The van der Waals surface area contributed by atoms with Gasteiger partial charge < -0.3 is 20.3 Å². The van der Waals surface area contributed by atoms with Gasteiger partial charge in [0.2, 0.25) is 0 Å². The van der Waals surface area contributed by atoms with Crippen molar-refractivity contribution in [3.63, 3.8) is 0 Å². The molecule has 21 heavy (non-hydrogen) atoms. The van der Waals surface area contributed by atoms with Gasteiger partial charge in [0.05, 0.1) is 12.8 Å². The van der Waals surface area contributed by atoms with Crippen molar-refractivity contribution in [3.8, 4) is 5.75 Å². The highest BCUT2D eigenvalue weighted by Crippen LogP contribution is 2.31. The Morgan fingerprint density at radius 1 is 0.905 bits per heavy atom. The third-order valence-corrected chi connectivity index (χ3v) is 3.95. The largest absolute Gasteiger partial charge is 0.495 e. The molecular weight excluding hydrogens is 262 g/mol. The van der Waals surface area contributed by atoms with E-state index in [-0.39, 0.29) is 0 Å². The molecule has 0 amide bonds. The molecular formula is C17H21N3O. The highest BCUT2D eigenvalue weighted by molar-refractivity contribution is 5.64. The predicted molar refractivity (Wildman–Crippen MR) is 88.3 cm³/mol. The lowest BCUT2D eigenvalue weighted by Gasteiger charge is -2.37. The predicted octanol–water partition coefficient (Wildman–Crippen LogP) is 2.60. The number of nitrogens with zero attached hydrogens (tertiary/aromatic N) is 2. The molecule has 1 fully saturated rings. The zero-order valence-electron chi connectivity index (χ0n) is 12.3. The van der Waals surface area contributed by atoms with Crippen molar-refractivity contribution in [2.45, 2.75) is 0 Å². The third-order valence-electron chi connectivity index (χ3n) is 3.95. The first-order valence-electron chi connectivity index (χ1n) is 7.26. The maximum Gasteiger partial charge on any atom is 0.144 e. The number of rotatable bonds is 3. The molecule has 0 atom stereocenters. The molecule has 0 unspecified atom stereocenters. The zero-order chi connectivity index (χ0) is 14.7. The Balaban J connectivity index is 1.71. The van der Waals surface area contributed by atoms with E-state index in [1.54, 1.807) is 7.11 Å². The molecule has 0 aromatic heterocycles. The summed E-state index contributed by atoms with van der Waals surface area (Å²) >= 11 is 0. The summed E-state index contributed by atoms with van der Waals surface area (Å²) in [5.41, 5.74) is 8.98. The number of hydrogen-bond acceptors (Lipinski definition) is 4. The van der Waals surface area contributed by atoms with Crippen molar-refractivity contribution in [1.29, 1.82) is 0 Å². The molecule has 2 aromatic rings. The van der Waals surface area contributed by atoms with Crippen LogP contribution < -0.4 is 20.3 Å². The lowest BCUT2D eigenvalue weighted by molar-refractivity contribution is 0.414. The number of methoxy groups -OCH3 is 1. The summed E-state index contributed by atoms with van der Waals surface area (Å²) < 4.78 is 5.46. The van der Waals surface area contributed by atoms with Crippen LogP contribution in [-0.2, 0) is 0 Å². The smallest absolute Gasteiger partial charge is 0.144 e. The van der Waals surface area contributed by atoms with Crippen LogP contribution in [0.25, 0.3) is 0 Å². The van der Waals surface area contributed by atoms with Crippen molar-refractivity contribution < 1.29 is 4.74 Å². The third kappa shape index (κ3) is 2.89. The second kappa shape index (κ2) is 5.95. The van der Waals surface area contributed by atoms with Crippen LogP contribution in [0.1, 0.15) is 0 Å². The molecule has 2 aromatic carbocycles. The van der Waals surface area contributed by atoms with Gasteiger partial charge in [-0.25, -0.2) is 0 Å². The SMILES string of the molecule is COc1cc(N)ccc1N1CCN(c2ccccc2)CC1. The van der Waals surface area contributed by atoms with Gasteiger partial charge in [0, 0.05) is 43.6 Å². The van der Waals surface area contributed by atoms with Gasteiger partial charge in [-0.05, 0) is 24.3 Å². The molecule has 3 rings (SSSR count). The molecule has 0 saturated carbocycles. The van der Waals surface area contributed by atoms with E-state index >= 15 is 0 Å². The highest BCUT2D eigenvalue weighted by atomic mass is 16.5. The lowest BCUT2D eigenvalue weighted by atomic mass is 10.2. The lowest BCUT2D eigenvalue weighted by Crippen LogP contribution is -2.46. The molecule has 0 spiro atoms. The Morgan fingerprint density at radius 2 is 1.57 bits per heavy atom. The number of ether oxygens (including phenoxy) is 1. The minimum atomic E-state index is 0.735. The second-order valence-corrected chi connectivity index (χ2v) is 5.24. The normalized spacial score (nSPS) is 15.1. The molecule has 110 valence electrons. The Labute approximate surface area is 125 Å². The summed E-state index contributed by atoms with van der Waals surface area (Å²) in [5.74, 6) is 0.850. The van der Waals surface area contributed by atoms with Crippen molar-refractivity contribution in [1.82, 2.24) is 0 Å². The minimum absolute atomic E-state index is 0.735. The maximum absolute atomic E-state index is 5.82. The zero-order valence-corrected chi connectivity index (χ0v) is 12.3. The van der Waals surface area contributed by atoms with Crippen molar-refractivity contribution in [2.24, 2.45) is 0 Å². The standard InChI is InChI=1S/C17H21N3O/c1-21-17-13-14(18)7-8-16(17)20-11-9-19(10-12-20)15-5-3-2-4-6-15/h2-8,13H,9-12,18H2,1H3. The number of anilines is 3. The number of benzene rings is 2. The number of piperazine rings is 1. The molecule has 1 aliphatic rings. The summed E-state index contributed by atoms with van der Waals surface area (Å²) in [5, 5.41) is 0. The van der Waals surface area contributed by atoms with Crippen LogP contribution in [0.15, 0.2) is 48.5 Å². The van der Waals surface area contributed by atoms with Gasteiger partial charge in [-0.3, -0.25) is 0 Å². The average molecular weight is 283 g/mol. The van der Waals surface area contributed by atoms with Crippen LogP contribution in [0.5, 0.6) is 5.75 Å². The first-order chi connectivity index (χ1) is 10.3. The molecule has 0 radical (unpaired) electrons. The van der Waals surface area contributed by atoms with E-state index in [2.05, 4.69) is 40.1 Å². The molecule has 0 bridgehead atoms. The van der Waals surface area contributed by atoms with Crippen LogP contribution in [0.2, 0.25) is 0 Å². The van der Waals surface area contributed by atoms with Crippen molar-refractivity contribution in [2.75, 3.05) is 48.8 Å². The van der Waals surface area contributed by atoms with Crippen LogP contribution in [0.4, 0.5) is 17.1 Å². The molecule has 1 aliphatic heterocycles. The van der Waals surface area contributed by atoms with Crippen LogP contribution >= 0.6 is 0 Å². The maximum atomic E-state index is 5.82. The molecule has 4 heteroatoms. The average Bonchev–Trinajstić information content (AvgIpc) is 2.56. The summed E-state index contributed by atoms with van der Waals surface area (Å²) in [6.45, 7) is 3.99. The summed E-state index contributed by atoms with van der Waals surface area (Å²) in [6, 6.07) is 16.4. The Bertz CT molecular complexity index is 592. The topological polar surface area (TPSA) is 41.7 Å². The molecule has 4 nitrogen and oxygen atoms in total. The van der Waals surface area contributed by atoms with Gasteiger partial charge in [-0.15, -0.1) is 0 Å². The Kier molecular flexibility index (Phi) is 3.86. The van der Waals surface area contributed by atoms with E-state index in [0.717, 1.165) is 43.3 Å². The van der Waals surface area contributed by atoms with E-state index in [4.69, 9.17) is 10.5 Å². The van der Waals surface area contributed by atoms with Crippen molar-refractivity contribution >= 4 is 17.1 Å². The second-order valence-electron chi connectivity index (χ2n) is 5.24. The Morgan fingerprint density at radius 3 is 2.24 bits per heavy atom. The highest BCUT2D eigenvalue weighted by Gasteiger charge is 2.19. The first kappa shape index (κ1) is 13.6. The van der Waals surface area contributed by atoms with Crippen LogP contribution in [-0.4, -0.2) is 33.3 Å². The number of hydrogen-bond donors (Lipinski definition) is 1. The van der Waals surface area contributed by atoms with Gasteiger partial charge in [0.25, 0.3) is 0 Å². The minimum Gasteiger partial charge on any atom is -0.495 e. The van der Waals surface area contributed by atoms with Gasteiger partial charge in [-0.2, -0.15) is 0 Å². The van der Waals surface area contributed by atoms with Gasteiger partial charge in [0.15, 0.2) is 0 Å². The van der Waals surface area contributed by atoms with Gasteiger partial charge in [0.1, 0.15) is 5.75 Å². The van der Waals surface area contributed by atoms with Gasteiger partial charge >= 0.3 is 0 Å². The molecule has 1 heterocycles. The molecule has 1 saturated heterocycles. The van der Waals surface area contributed by atoms with Gasteiger partial charge in [-0.1, -0.05) is 18.2 Å². The van der Waals surface area contributed by atoms with E-state index in [1.807, 2.05) is 18.2 Å². The summed E-state index contributed by atoms with van der Waals surface area (Å²) in [6.07, 6.45) is 0. The monoisotopic (exact) mass is 283 g/mol. The van der Waals surface area contributed by atoms with Crippen LogP contribution in [0, 0.1) is 0 Å². The van der Waals surface area contributed by atoms with E-state index in [9.17, 15) is 0 Å². The quantitative estimate of drug-likeness (QED) is 0.879. The number of para-hydroxylation sites is 1. The first-order valence-corrected chi connectivity index (χ1v) is 7.26.